The third-order valence-electron chi connectivity index (χ3n) is 3.53. The van der Waals surface area contributed by atoms with Gasteiger partial charge in [0.1, 0.15) is 0 Å². The van der Waals surface area contributed by atoms with E-state index in [-0.39, 0.29) is 11.8 Å². The Morgan fingerprint density at radius 3 is 2.91 bits per heavy atom. The summed E-state index contributed by atoms with van der Waals surface area (Å²) in [7, 11) is 0. The molecule has 0 saturated carbocycles. The molecule has 3 aromatic rings. The summed E-state index contributed by atoms with van der Waals surface area (Å²) in [6.07, 6.45) is 0. The maximum atomic E-state index is 12.3. The van der Waals surface area contributed by atoms with E-state index in [2.05, 4.69) is 62.8 Å². The molecule has 2 heterocycles. The molecule has 22 heavy (non-hydrogen) atoms. The number of benzene rings is 1. The van der Waals surface area contributed by atoms with Crippen LogP contribution in [0.5, 0.6) is 0 Å². The minimum Gasteiger partial charge on any atom is -0.346 e. The van der Waals surface area contributed by atoms with Crippen molar-refractivity contribution < 1.29 is 4.79 Å². The second kappa shape index (κ2) is 6.22. The van der Waals surface area contributed by atoms with Crippen molar-refractivity contribution in [2.45, 2.75) is 26.3 Å². The Balaban J connectivity index is 1.75. The highest BCUT2D eigenvalue weighted by molar-refractivity contribution is 9.10. The second-order valence-electron chi connectivity index (χ2n) is 5.39. The zero-order chi connectivity index (χ0) is 15.7. The van der Waals surface area contributed by atoms with Crippen LogP contribution in [0.25, 0.3) is 10.1 Å². The number of hydrogen-bond donors (Lipinski definition) is 2. The summed E-state index contributed by atoms with van der Waals surface area (Å²) < 4.78 is 1.98. The number of rotatable bonds is 4. The van der Waals surface area contributed by atoms with Crippen LogP contribution in [0.2, 0.25) is 0 Å². The standard InChI is InChI=1S/C16H16BrN3OS/c1-9(2)14-13(17)15(20-19-14)16(21)18-7-10-8-22-12-6-4-3-5-11(10)12/h3-6,8-9H,7H2,1-2H3,(H,18,21)(H,19,20). The molecule has 1 amide bonds. The minimum atomic E-state index is -0.176. The van der Waals surface area contributed by atoms with Gasteiger partial charge in [-0.05, 0) is 44.2 Å². The van der Waals surface area contributed by atoms with Crippen molar-refractivity contribution in [1.29, 1.82) is 0 Å². The zero-order valence-electron chi connectivity index (χ0n) is 12.3. The zero-order valence-corrected chi connectivity index (χ0v) is 14.7. The number of aromatic nitrogens is 2. The molecule has 0 saturated heterocycles. The van der Waals surface area contributed by atoms with Gasteiger partial charge in [0.05, 0.1) is 10.2 Å². The highest BCUT2D eigenvalue weighted by Gasteiger charge is 2.19. The number of carbonyl (C=O) groups is 1. The van der Waals surface area contributed by atoms with Gasteiger partial charge in [0.15, 0.2) is 5.69 Å². The van der Waals surface area contributed by atoms with Crippen molar-refractivity contribution in [1.82, 2.24) is 15.5 Å². The number of amides is 1. The first-order valence-corrected chi connectivity index (χ1v) is 8.72. The topological polar surface area (TPSA) is 57.8 Å². The van der Waals surface area contributed by atoms with E-state index in [0.717, 1.165) is 15.7 Å². The summed E-state index contributed by atoms with van der Waals surface area (Å²) in [5.74, 6) is 0.106. The number of nitrogens with one attached hydrogen (secondary N) is 2. The molecule has 6 heteroatoms. The monoisotopic (exact) mass is 377 g/mol. The molecule has 3 rings (SSSR count). The maximum absolute atomic E-state index is 12.3. The van der Waals surface area contributed by atoms with Gasteiger partial charge in [0, 0.05) is 11.2 Å². The Morgan fingerprint density at radius 1 is 1.41 bits per heavy atom. The molecule has 0 aliphatic rings. The number of nitrogens with zero attached hydrogens (tertiary/aromatic N) is 1. The van der Waals surface area contributed by atoms with Crippen molar-refractivity contribution in [3.8, 4) is 0 Å². The van der Waals surface area contributed by atoms with Crippen LogP contribution in [-0.2, 0) is 6.54 Å². The fraction of sp³-hybridized carbons (Fsp3) is 0.250. The summed E-state index contributed by atoms with van der Waals surface area (Å²) in [6, 6.07) is 8.20. The smallest absolute Gasteiger partial charge is 0.273 e. The summed E-state index contributed by atoms with van der Waals surface area (Å²) in [5, 5.41) is 13.3. The average Bonchev–Trinajstić information content (AvgIpc) is 3.08. The predicted octanol–water partition coefficient (Wildman–Crippen LogP) is 4.44. The third-order valence-corrected chi connectivity index (χ3v) is 5.34. The van der Waals surface area contributed by atoms with Crippen molar-refractivity contribution in [3.05, 3.63) is 51.1 Å². The largest absolute Gasteiger partial charge is 0.346 e. The van der Waals surface area contributed by atoms with E-state index in [1.807, 2.05) is 12.1 Å². The number of fused-ring (bicyclic) bond motifs is 1. The van der Waals surface area contributed by atoms with E-state index >= 15 is 0 Å². The molecular weight excluding hydrogens is 362 g/mol. The molecule has 0 unspecified atom stereocenters. The Morgan fingerprint density at radius 2 is 2.18 bits per heavy atom. The Kier molecular flexibility index (Phi) is 4.31. The second-order valence-corrected chi connectivity index (χ2v) is 7.10. The van der Waals surface area contributed by atoms with Crippen LogP contribution >= 0.6 is 27.3 Å². The van der Waals surface area contributed by atoms with E-state index in [1.165, 1.54) is 10.1 Å². The lowest BCUT2D eigenvalue weighted by Gasteiger charge is -2.04. The highest BCUT2D eigenvalue weighted by Crippen LogP contribution is 2.27. The number of halogens is 1. The van der Waals surface area contributed by atoms with Crippen LogP contribution in [-0.4, -0.2) is 16.1 Å². The highest BCUT2D eigenvalue weighted by atomic mass is 79.9. The molecule has 0 fully saturated rings. The molecular formula is C16H16BrN3OS. The summed E-state index contributed by atoms with van der Waals surface area (Å²) in [5.41, 5.74) is 2.47. The Labute approximate surface area is 141 Å². The minimum absolute atomic E-state index is 0.176. The SMILES string of the molecule is CC(C)c1[nH]nc(C(=O)NCc2csc3ccccc23)c1Br. The van der Waals surface area contributed by atoms with Crippen LogP contribution < -0.4 is 5.32 Å². The first kappa shape index (κ1) is 15.2. The van der Waals surface area contributed by atoms with Gasteiger partial charge in [-0.25, -0.2) is 0 Å². The first-order valence-electron chi connectivity index (χ1n) is 7.05. The molecule has 2 N–H and O–H groups in total. The van der Waals surface area contributed by atoms with E-state index in [0.29, 0.717) is 12.2 Å². The Hall–Kier alpha value is -1.66. The quantitative estimate of drug-likeness (QED) is 0.705. The molecule has 0 bridgehead atoms. The van der Waals surface area contributed by atoms with Crippen LogP contribution in [0.1, 0.15) is 41.5 Å². The molecule has 0 radical (unpaired) electrons. The molecule has 0 atom stereocenters. The van der Waals surface area contributed by atoms with Crippen molar-refractivity contribution >= 4 is 43.3 Å². The maximum Gasteiger partial charge on any atom is 0.273 e. The number of aromatic amines is 1. The molecule has 0 aliphatic heterocycles. The lowest BCUT2D eigenvalue weighted by molar-refractivity contribution is 0.0945. The van der Waals surface area contributed by atoms with Gasteiger partial charge in [-0.15, -0.1) is 11.3 Å². The van der Waals surface area contributed by atoms with Crippen molar-refractivity contribution in [2.24, 2.45) is 0 Å². The van der Waals surface area contributed by atoms with Crippen molar-refractivity contribution in [2.75, 3.05) is 0 Å². The van der Waals surface area contributed by atoms with Gasteiger partial charge in [-0.1, -0.05) is 32.0 Å². The molecule has 0 aliphatic carbocycles. The van der Waals surface area contributed by atoms with E-state index in [1.54, 1.807) is 11.3 Å². The molecule has 0 spiro atoms. The van der Waals surface area contributed by atoms with Gasteiger partial charge >= 0.3 is 0 Å². The number of H-pyrrole nitrogens is 1. The third kappa shape index (κ3) is 2.80. The fourth-order valence-electron chi connectivity index (χ4n) is 2.30. The van der Waals surface area contributed by atoms with Gasteiger partial charge in [-0.3, -0.25) is 9.89 Å². The number of carbonyl (C=O) groups excluding carboxylic acids is 1. The van der Waals surface area contributed by atoms with E-state index < -0.39 is 0 Å². The average molecular weight is 378 g/mol. The summed E-state index contributed by atoms with van der Waals surface area (Å²) in [6.45, 7) is 4.61. The Bertz CT molecular complexity index is 822. The van der Waals surface area contributed by atoms with Crippen molar-refractivity contribution in [3.63, 3.8) is 0 Å². The molecule has 114 valence electrons. The first-order chi connectivity index (χ1) is 10.6. The molecule has 4 nitrogen and oxygen atoms in total. The molecule has 2 aromatic heterocycles. The van der Waals surface area contributed by atoms with Gasteiger partial charge < -0.3 is 5.32 Å². The lowest BCUT2D eigenvalue weighted by atomic mass is 10.1. The van der Waals surface area contributed by atoms with Gasteiger partial charge in [-0.2, -0.15) is 5.10 Å². The lowest BCUT2D eigenvalue weighted by Crippen LogP contribution is -2.23. The van der Waals surface area contributed by atoms with Crippen LogP contribution in [0.4, 0.5) is 0 Å². The normalized spacial score (nSPS) is 11.3. The predicted molar refractivity (Wildman–Crippen MR) is 93.4 cm³/mol. The summed E-state index contributed by atoms with van der Waals surface area (Å²) in [4.78, 5) is 12.3. The van der Waals surface area contributed by atoms with Crippen LogP contribution in [0.15, 0.2) is 34.1 Å². The summed E-state index contributed by atoms with van der Waals surface area (Å²) >= 11 is 5.15. The van der Waals surface area contributed by atoms with E-state index in [9.17, 15) is 4.79 Å². The fourth-order valence-corrected chi connectivity index (χ4v) is 4.08. The molecule has 1 aromatic carbocycles. The van der Waals surface area contributed by atoms with Crippen LogP contribution in [0.3, 0.4) is 0 Å². The number of thiophene rings is 1. The van der Waals surface area contributed by atoms with Gasteiger partial charge in [0.25, 0.3) is 5.91 Å². The van der Waals surface area contributed by atoms with Crippen LogP contribution in [0, 0.1) is 0 Å². The van der Waals surface area contributed by atoms with E-state index in [4.69, 9.17) is 0 Å². The van der Waals surface area contributed by atoms with Gasteiger partial charge in [0.2, 0.25) is 0 Å². The number of hydrogen-bond acceptors (Lipinski definition) is 3.